The van der Waals surface area contributed by atoms with Crippen LogP contribution in [0.1, 0.15) is 30.9 Å². The Labute approximate surface area is 176 Å². The zero-order chi connectivity index (χ0) is 20.2. The second-order valence-corrected chi connectivity index (χ2v) is 9.08. The third-order valence-electron chi connectivity index (χ3n) is 5.69. The van der Waals surface area contributed by atoms with E-state index in [9.17, 15) is 9.65 Å². The number of nitrogens with zero attached hydrogens (tertiary/aromatic N) is 3. The van der Waals surface area contributed by atoms with Gasteiger partial charge in [0, 0.05) is 54.6 Å². The third kappa shape index (κ3) is 4.47. The lowest BCUT2D eigenvalue weighted by Gasteiger charge is -2.34. The van der Waals surface area contributed by atoms with Gasteiger partial charge in [-0.05, 0) is 49.6 Å². The number of thiol groups is 1. The van der Waals surface area contributed by atoms with Crippen molar-refractivity contribution in [1.82, 2.24) is 9.62 Å². The van der Waals surface area contributed by atoms with Gasteiger partial charge in [0.05, 0.1) is 23.6 Å². The third-order valence-corrected chi connectivity index (χ3v) is 6.77. The summed E-state index contributed by atoms with van der Waals surface area (Å²) in [6, 6.07) is 7.06. The van der Waals surface area contributed by atoms with E-state index in [2.05, 4.69) is 39.8 Å². The highest BCUT2D eigenvalue weighted by atomic mass is 32.2. The average molecular weight is 410 g/mol. The van der Waals surface area contributed by atoms with E-state index in [-0.39, 0.29) is 17.7 Å². The molecule has 0 amide bonds. The van der Waals surface area contributed by atoms with Crippen molar-refractivity contribution in [1.29, 1.82) is 5.26 Å². The molecule has 0 bridgehead atoms. The van der Waals surface area contributed by atoms with E-state index in [4.69, 9.17) is 0 Å². The first-order valence-electron chi connectivity index (χ1n) is 10.2. The molecule has 2 unspecified atom stereocenters. The molecule has 2 aliphatic heterocycles. The Morgan fingerprint density at radius 2 is 2.17 bits per heavy atom. The van der Waals surface area contributed by atoms with Gasteiger partial charge in [-0.3, -0.25) is 4.99 Å². The number of nitriles is 1. The fraction of sp³-hybridized carbons (Fsp3) is 0.391. The number of hydrogen-bond acceptors (Lipinski definition) is 4. The van der Waals surface area contributed by atoms with Gasteiger partial charge in [0.15, 0.2) is 0 Å². The van der Waals surface area contributed by atoms with Crippen molar-refractivity contribution in [3.05, 3.63) is 65.3 Å². The monoisotopic (exact) mass is 409 g/mol. The first-order valence-corrected chi connectivity index (χ1v) is 11.2. The molecule has 3 aliphatic rings. The largest absolute Gasteiger partial charge is 0.385 e. The van der Waals surface area contributed by atoms with Crippen molar-refractivity contribution < 1.29 is 4.39 Å². The lowest BCUT2D eigenvalue weighted by atomic mass is 9.80. The molecular weight excluding hydrogens is 383 g/mol. The maximum Gasteiger partial charge on any atom is 0.131 e. The van der Waals surface area contributed by atoms with Crippen LogP contribution in [0, 0.1) is 29.0 Å². The Hall–Kier alpha value is -2.36. The van der Waals surface area contributed by atoms with Crippen molar-refractivity contribution in [3.63, 3.8) is 0 Å². The van der Waals surface area contributed by atoms with Crippen molar-refractivity contribution in [2.75, 3.05) is 18.8 Å². The minimum absolute atomic E-state index is 0.138. The normalized spacial score (nSPS) is 24.4. The zero-order valence-corrected chi connectivity index (χ0v) is 17.4. The van der Waals surface area contributed by atoms with Gasteiger partial charge in [0.25, 0.3) is 0 Å². The van der Waals surface area contributed by atoms with Crippen molar-refractivity contribution >= 4 is 23.7 Å². The molecule has 29 heavy (non-hydrogen) atoms. The van der Waals surface area contributed by atoms with Gasteiger partial charge in [0.1, 0.15) is 11.6 Å². The molecule has 6 heteroatoms. The fourth-order valence-corrected chi connectivity index (χ4v) is 5.10. The Morgan fingerprint density at radius 1 is 1.34 bits per heavy atom. The minimum Gasteiger partial charge on any atom is -0.385 e. The molecule has 1 aromatic carbocycles. The molecule has 1 aliphatic carbocycles. The highest BCUT2D eigenvalue weighted by molar-refractivity contribution is 7.76. The molecule has 1 fully saturated rings. The second kappa shape index (κ2) is 8.98. The summed E-state index contributed by atoms with van der Waals surface area (Å²) in [5.74, 6) is 1.15. The summed E-state index contributed by atoms with van der Waals surface area (Å²) < 4.78 is 17.1. The van der Waals surface area contributed by atoms with Gasteiger partial charge >= 0.3 is 0 Å². The topological polar surface area (TPSA) is 51.4 Å². The van der Waals surface area contributed by atoms with Crippen LogP contribution in [-0.2, 0) is 11.9 Å². The lowest BCUT2D eigenvalue weighted by Crippen LogP contribution is -2.43. The number of allylic oxidation sites excluding steroid dienone is 5. The van der Waals surface area contributed by atoms with E-state index >= 15 is 0 Å². The summed E-state index contributed by atoms with van der Waals surface area (Å²) in [7, 11) is 0. The number of halogens is 1. The average Bonchev–Trinajstić information content (AvgIpc) is 2.75. The first kappa shape index (κ1) is 19.9. The van der Waals surface area contributed by atoms with E-state index in [1.807, 2.05) is 18.5 Å². The predicted molar refractivity (Wildman–Crippen MR) is 119 cm³/mol. The number of nitrogens with one attached hydrogen (secondary N) is 1. The Bertz CT molecular complexity index is 919. The second-order valence-electron chi connectivity index (χ2n) is 7.60. The molecule has 0 saturated carbocycles. The molecule has 150 valence electrons. The number of rotatable bonds is 5. The van der Waals surface area contributed by atoms with Gasteiger partial charge in [-0.25, -0.2) is 4.39 Å². The Balaban J connectivity index is 1.59. The number of hydrogen-bond donors (Lipinski definition) is 1. The molecule has 4 nitrogen and oxygen atoms in total. The summed E-state index contributed by atoms with van der Waals surface area (Å²) in [6.45, 7) is 4.41. The van der Waals surface area contributed by atoms with Crippen LogP contribution >= 0.6 is 0 Å². The maximum atomic E-state index is 14.6. The van der Waals surface area contributed by atoms with E-state index in [1.54, 1.807) is 6.07 Å². The van der Waals surface area contributed by atoms with E-state index in [0.29, 0.717) is 17.2 Å². The maximum absolute atomic E-state index is 14.6. The summed E-state index contributed by atoms with van der Waals surface area (Å²) in [4.78, 5) is 4.34. The van der Waals surface area contributed by atoms with Crippen LogP contribution in [0.2, 0.25) is 0 Å². The van der Waals surface area contributed by atoms with Crippen LogP contribution in [0.4, 0.5) is 4.39 Å². The number of benzene rings is 1. The van der Waals surface area contributed by atoms with E-state index in [1.165, 1.54) is 24.1 Å². The number of fused-ring (bicyclic) bond motifs is 1. The summed E-state index contributed by atoms with van der Waals surface area (Å²) >= 11 is 1.41. The van der Waals surface area contributed by atoms with Crippen LogP contribution in [0.5, 0.6) is 0 Å². The highest BCUT2D eigenvalue weighted by Crippen LogP contribution is 2.35. The molecule has 4 rings (SSSR count). The van der Waals surface area contributed by atoms with Crippen LogP contribution in [0.3, 0.4) is 0 Å². The van der Waals surface area contributed by atoms with E-state index < -0.39 is 0 Å². The molecule has 0 spiro atoms. The number of aliphatic imine (C=N–C) groups is 1. The summed E-state index contributed by atoms with van der Waals surface area (Å²) in [5, 5.41) is 13.0. The van der Waals surface area contributed by atoms with Crippen LogP contribution in [0.15, 0.2) is 53.3 Å². The Morgan fingerprint density at radius 3 is 2.93 bits per heavy atom. The van der Waals surface area contributed by atoms with Crippen molar-refractivity contribution in [2.24, 2.45) is 16.8 Å². The molecule has 0 radical (unpaired) electrons. The van der Waals surface area contributed by atoms with Gasteiger partial charge in [0.2, 0.25) is 0 Å². The summed E-state index contributed by atoms with van der Waals surface area (Å²) in [5.41, 5.74) is 2.86. The number of piperidine rings is 1. The van der Waals surface area contributed by atoms with Gasteiger partial charge < -0.3 is 5.32 Å². The van der Waals surface area contributed by atoms with E-state index in [0.717, 1.165) is 43.0 Å². The quantitative estimate of drug-likeness (QED) is 0.597. The lowest BCUT2D eigenvalue weighted by molar-refractivity contribution is 0.314. The predicted octanol–water partition coefficient (Wildman–Crippen LogP) is 3.61. The standard InChI is InChI=1S/C23H25FN4S/c1-2-29-28-9-6-19(7-10-28)27-23-13-18(12-17-5-8-26-15-21(17)23)20-11-16(14-25)3-4-22(20)24/h3-5,8,11-13,15,17,19,21,27H,2,6-7,9-10H2,1H3/p+1. The minimum atomic E-state index is -0.301. The van der Waals surface area contributed by atoms with Crippen LogP contribution in [-0.4, -0.2) is 35.4 Å². The summed E-state index contributed by atoms with van der Waals surface area (Å²) in [6.07, 6.45) is 12.2. The molecule has 1 saturated heterocycles. The van der Waals surface area contributed by atoms with Crippen molar-refractivity contribution in [2.45, 2.75) is 25.8 Å². The van der Waals surface area contributed by atoms with Crippen molar-refractivity contribution in [3.8, 4) is 6.07 Å². The van der Waals surface area contributed by atoms with Gasteiger partial charge in [-0.2, -0.15) is 5.26 Å². The molecule has 2 atom stereocenters. The first-order chi connectivity index (χ1) is 14.2. The van der Waals surface area contributed by atoms with Gasteiger partial charge in [-0.15, -0.1) is 4.31 Å². The molecule has 0 aromatic heterocycles. The van der Waals surface area contributed by atoms with Gasteiger partial charge in [-0.1, -0.05) is 12.2 Å². The van der Waals surface area contributed by atoms with Crippen LogP contribution < -0.4 is 5.32 Å². The highest BCUT2D eigenvalue weighted by Gasteiger charge is 2.30. The van der Waals surface area contributed by atoms with Crippen LogP contribution in [0.25, 0.3) is 5.57 Å². The molecular formula is C23H26FN4S+. The smallest absolute Gasteiger partial charge is 0.131 e. The Kier molecular flexibility index (Phi) is 6.17. The SMILES string of the molecule is CC[SH+]N1CCC(NC2=CC(c3cc(C#N)ccc3F)=CC3C=CN=CC23)CC1. The zero-order valence-electron chi connectivity index (χ0n) is 16.6. The molecule has 1 N–H and O–H groups in total. The molecule has 1 aromatic rings. The fourth-order valence-electron chi connectivity index (χ4n) is 4.19. The molecule has 2 heterocycles.